The summed E-state index contributed by atoms with van der Waals surface area (Å²) in [6, 6.07) is 0. The van der Waals surface area contributed by atoms with Crippen LogP contribution in [0.1, 0.15) is 19.3 Å². The van der Waals surface area contributed by atoms with E-state index < -0.39 is 0 Å². The van der Waals surface area contributed by atoms with Gasteiger partial charge in [0.05, 0.1) is 6.33 Å². The second-order valence-electron chi connectivity index (χ2n) is 3.40. The zero-order valence-corrected chi connectivity index (χ0v) is 8.65. The molecule has 0 saturated carbocycles. The minimum Gasteiger partial charge on any atom is -0.337 e. The molecule has 0 spiro atoms. The molecule has 0 saturated heterocycles. The van der Waals surface area contributed by atoms with Crippen LogP contribution in [0.3, 0.4) is 0 Å². The summed E-state index contributed by atoms with van der Waals surface area (Å²) >= 11 is 0. The van der Waals surface area contributed by atoms with Crippen LogP contribution in [0.15, 0.2) is 18.7 Å². The van der Waals surface area contributed by atoms with Crippen LogP contribution in [0.25, 0.3) is 0 Å². The molecule has 0 fully saturated rings. The van der Waals surface area contributed by atoms with Crippen molar-refractivity contribution in [2.75, 3.05) is 19.6 Å². The number of aromatic nitrogens is 2. The van der Waals surface area contributed by atoms with E-state index in [9.17, 15) is 0 Å². The number of nitrogens with two attached hydrogens (primary N) is 1. The lowest BCUT2D eigenvalue weighted by atomic mass is 10.3. The van der Waals surface area contributed by atoms with E-state index in [2.05, 4.69) is 14.9 Å². The third kappa shape index (κ3) is 4.99. The van der Waals surface area contributed by atoms with Crippen LogP contribution < -0.4 is 11.1 Å². The van der Waals surface area contributed by atoms with E-state index in [0.29, 0.717) is 0 Å². The Hall–Kier alpha value is -0.870. The Morgan fingerprint density at radius 3 is 2.79 bits per heavy atom. The Kier molecular flexibility index (Phi) is 6.02. The summed E-state index contributed by atoms with van der Waals surface area (Å²) in [5.41, 5.74) is 5.38. The van der Waals surface area contributed by atoms with E-state index in [-0.39, 0.29) is 0 Å². The van der Waals surface area contributed by atoms with Gasteiger partial charge in [-0.05, 0) is 38.9 Å². The summed E-state index contributed by atoms with van der Waals surface area (Å²) in [6.07, 6.45) is 9.17. The van der Waals surface area contributed by atoms with Crippen LogP contribution in [0.4, 0.5) is 0 Å². The van der Waals surface area contributed by atoms with E-state index in [0.717, 1.165) is 32.6 Å². The summed E-state index contributed by atoms with van der Waals surface area (Å²) in [5.74, 6) is 0. The van der Waals surface area contributed by atoms with E-state index in [4.69, 9.17) is 5.73 Å². The number of rotatable bonds is 8. The molecule has 4 heteroatoms. The standard InChI is InChI=1S/C10H20N4/c11-4-3-6-12-5-1-2-8-14-9-7-13-10-14/h7,9-10,12H,1-6,8,11H2. The van der Waals surface area contributed by atoms with Gasteiger partial charge in [0.2, 0.25) is 0 Å². The van der Waals surface area contributed by atoms with Crippen LogP contribution >= 0.6 is 0 Å². The molecule has 14 heavy (non-hydrogen) atoms. The van der Waals surface area contributed by atoms with Crippen molar-refractivity contribution >= 4 is 0 Å². The van der Waals surface area contributed by atoms with Gasteiger partial charge in [-0.1, -0.05) is 0 Å². The van der Waals surface area contributed by atoms with Gasteiger partial charge < -0.3 is 15.6 Å². The number of imidazole rings is 1. The maximum atomic E-state index is 5.38. The monoisotopic (exact) mass is 196 g/mol. The highest BCUT2D eigenvalue weighted by Crippen LogP contribution is 1.93. The average molecular weight is 196 g/mol. The molecule has 3 N–H and O–H groups in total. The van der Waals surface area contributed by atoms with Crippen LogP contribution in [0.2, 0.25) is 0 Å². The fourth-order valence-corrected chi connectivity index (χ4v) is 1.32. The first-order valence-electron chi connectivity index (χ1n) is 5.30. The Labute approximate surface area is 85.5 Å². The zero-order valence-electron chi connectivity index (χ0n) is 8.65. The molecule has 0 aromatic carbocycles. The van der Waals surface area contributed by atoms with Gasteiger partial charge in [-0.2, -0.15) is 0 Å². The predicted molar refractivity (Wildman–Crippen MR) is 58.0 cm³/mol. The number of unbranched alkanes of at least 4 members (excludes halogenated alkanes) is 1. The van der Waals surface area contributed by atoms with Crippen LogP contribution in [-0.4, -0.2) is 29.2 Å². The molecule has 0 atom stereocenters. The second-order valence-corrected chi connectivity index (χ2v) is 3.40. The maximum Gasteiger partial charge on any atom is 0.0945 e. The fraction of sp³-hybridized carbons (Fsp3) is 0.700. The zero-order chi connectivity index (χ0) is 10.1. The molecule has 1 heterocycles. The smallest absolute Gasteiger partial charge is 0.0945 e. The Bertz CT molecular complexity index is 208. The molecule has 0 aliphatic heterocycles. The third-order valence-electron chi connectivity index (χ3n) is 2.14. The minimum atomic E-state index is 0.780. The number of nitrogens with one attached hydrogen (secondary N) is 1. The van der Waals surface area contributed by atoms with Gasteiger partial charge in [-0.15, -0.1) is 0 Å². The lowest BCUT2D eigenvalue weighted by Crippen LogP contribution is -2.19. The van der Waals surface area contributed by atoms with Crippen molar-refractivity contribution in [1.29, 1.82) is 0 Å². The molecular weight excluding hydrogens is 176 g/mol. The summed E-state index contributed by atoms with van der Waals surface area (Å²) in [7, 11) is 0. The van der Waals surface area contributed by atoms with Crippen molar-refractivity contribution in [3.63, 3.8) is 0 Å². The molecule has 80 valence electrons. The number of aryl methyl sites for hydroxylation is 1. The molecule has 0 unspecified atom stereocenters. The first kappa shape index (κ1) is 11.2. The Morgan fingerprint density at radius 1 is 1.21 bits per heavy atom. The van der Waals surface area contributed by atoms with Crippen molar-refractivity contribution in [2.24, 2.45) is 5.73 Å². The van der Waals surface area contributed by atoms with Crippen molar-refractivity contribution in [3.05, 3.63) is 18.7 Å². The van der Waals surface area contributed by atoms with Crippen LogP contribution in [0, 0.1) is 0 Å². The van der Waals surface area contributed by atoms with Gasteiger partial charge in [0.15, 0.2) is 0 Å². The number of hydrogen-bond acceptors (Lipinski definition) is 3. The van der Waals surface area contributed by atoms with Gasteiger partial charge in [0.25, 0.3) is 0 Å². The average Bonchev–Trinajstić information content (AvgIpc) is 2.69. The number of nitrogens with zero attached hydrogens (tertiary/aromatic N) is 2. The summed E-state index contributed by atoms with van der Waals surface area (Å²) in [6.45, 7) is 3.98. The SMILES string of the molecule is NCCCNCCCCn1ccnc1. The van der Waals surface area contributed by atoms with Crippen LogP contribution in [0.5, 0.6) is 0 Å². The van der Waals surface area contributed by atoms with Gasteiger partial charge in [-0.25, -0.2) is 4.98 Å². The van der Waals surface area contributed by atoms with E-state index in [1.165, 1.54) is 12.8 Å². The van der Waals surface area contributed by atoms with Gasteiger partial charge >= 0.3 is 0 Å². The number of hydrogen-bond donors (Lipinski definition) is 2. The van der Waals surface area contributed by atoms with E-state index in [1.807, 2.05) is 18.7 Å². The largest absolute Gasteiger partial charge is 0.337 e. The van der Waals surface area contributed by atoms with Gasteiger partial charge in [0, 0.05) is 18.9 Å². The molecule has 0 radical (unpaired) electrons. The summed E-state index contributed by atoms with van der Waals surface area (Å²) in [4.78, 5) is 4.00. The predicted octanol–water partition coefficient (Wildman–Crippen LogP) is 0.602. The highest BCUT2D eigenvalue weighted by Gasteiger charge is 1.90. The molecule has 1 rings (SSSR count). The molecule has 0 aliphatic rings. The highest BCUT2D eigenvalue weighted by molar-refractivity contribution is 4.73. The molecule has 1 aromatic rings. The molecule has 0 amide bonds. The molecule has 0 bridgehead atoms. The second kappa shape index (κ2) is 7.53. The Balaban J connectivity index is 1.85. The lowest BCUT2D eigenvalue weighted by Gasteiger charge is -2.04. The molecule has 1 aromatic heterocycles. The normalized spacial score (nSPS) is 10.6. The lowest BCUT2D eigenvalue weighted by molar-refractivity contribution is 0.563. The van der Waals surface area contributed by atoms with E-state index >= 15 is 0 Å². The quantitative estimate of drug-likeness (QED) is 0.599. The maximum absolute atomic E-state index is 5.38. The molecular formula is C10H20N4. The van der Waals surface area contributed by atoms with Gasteiger partial charge in [0.1, 0.15) is 0 Å². The van der Waals surface area contributed by atoms with Crippen molar-refractivity contribution in [3.8, 4) is 0 Å². The summed E-state index contributed by atoms with van der Waals surface area (Å²) in [5, 5.41) is 3.36. The fourth-order valence-electron chi connectivity index (χ4n) is 1.32. The van der Waals surface area contributed by atoms with E-state index in [1.54, 1.807) is 0 Å². The van der Waals surface area contributed by atoms with Gasteiger partial charge in [-0.3, -0.25) is 0 Å². The first-order chi connectivity index (χ1) is 6.93. The summed E-state index contributed by atoms with van der Waals surface area (Å²) < 4.78 is 2.11. The minimum absolute atomic E-state index is 0.780. The third-order valence-corrected chi connectivity index (χ3v) is 2.14. The Morgan fingerprint density at radius 2 is 2.07 bits per heavy atom. The first-order valence-corrected chi connectivity index (χ1v) is 5.30. The van der Waals surface area contributed by atoms with Crippen molar-refractivity contribution in [1.82, 2.24) is 14.9 Å². The molecule has 4 nitrogen and oxygen atoms in total. The molecule has 0 aliphatic carbocycles. The van der Waals surface area contributed by atoms with Crippen LogP contribution in [-0.2, 0) is 6.54 Å². The van der Waals surface area contributed by atoms with Crippen molar-refractivity contribution in [2.45, 2.75) is 25.8 Å². The van der Waals surface area contributed by atoms with Crippen molar-refractivity contribution < 1.29 is 0 Å². The highest BCUT2D eigenvalue weighted by atomic mass is 15.0. The topological polar surface area (TPSA) is 55.9 Å².